The Bertz CT molecular complexity index is 1280. The van der Waals surface area contributed by atoms with Crippen molar-refractivity contribution in [3.05, 3.63) is 106 Å². The smallest absolute Gasteiger partial charge is 0.169 e. The molecular formula is C27H21F5. The van der Waals surface area contributed by atoms with Crippen molar-refractivity contribution in [2.24, 2.45) is 0 Å². The fraction of sp³-hybridized carbons (Fsp3) is 0.185. The van der Waals surface area contributed by atoms with E-state index in [4.69, 9.17) is 0 Å². The van der Waals surface area contributed by atoms with E-state index in [9.17, 15) is 22.0 Å². The van der Waals surface area contributed by atoms with E-state index in [1.807, 2.05) is 19.1 Å². The summed E-state index contributed by atoms with van der Waals surface area (Å²) in [6.45, 7) is 1.91. The molecular weight excluding hydrogens is 419 g/mol. The molecule has 5 heteroatoms. The highest BCUT2D eigenvalue weighted by Crippen LogP contribution is 2.28. The van der Waals surface area contributed by atoms with E-state index in [1.165, 1.54) is 12.1 Å². The lowest BCUT2D eigenvalue weighted by Crippen LogP contribution is -1.98. The number of aryl methyl sites for hydroxylation is 3. The number of fused-ring (bicyclic) bond motifs is 1. The van der Waals surface area contributed by atoms with E-state index in [1.54, 1.807) is 30.3 Å². The Morgan fingerprint density at radius 3 is 2.03 bits per heavy atom. The molecule has 0 aliphatic heterocycles. The molecule has 0 radical (unpaired) electrons. The first kappa shape index (κ1) is 22.0. The van der Waals surface area contributed by atoms with Crippen molar-refractivity contribution in [3.63, 3.8) is 0 Å². The van der Waals surface area contributed by atoms with Crippen molar-refractivity contribution < 1.29 is 22.0 Å². The predicted molar refractivity (Wildman–Crippen MR) is 117 cm³/mol. The number of hydrogen-bond donors (Lipinski definition) is 0. The lowest BCUT2D eigenvalue weighted by molar-refractivity contribution is 0.500. The third-order valence-electron chi connectivity index (χ3n) is 5.67. The number of rotatable bonds is 6. The summed E-state index contributed by atoms with van der Waals surface area (Å²) in [6, 6.07) is 15.5. The third kappa shape index (κ3) is 4.24. The highest BCUT2D eigenvalue weighted by Gasteiger charge is 2.15. The van der Waals surface area contributed by atoms with Gasteiger partial charge in [0.05, 0.1) is 5.39 Å². The van der Waals surface area contributed by atoms with Crippen LogP contribution in [0.25, 0.3) is 21.9 Å². The molecule has 32 heavy (non-hydrogen) atoms. The van der Waals surface area contributed by atoms with Crippen molar-refractivity contribution in [1.82, 2.24) is 0 Å². The third-order valence-corrected chi connectivity index (χ3v) is 5.67. The second kappa shape index (κ2) is 9.11. The molecule has 0 saturated carbocycles. The van der Waals surface area contributed by atoms with Gasteiger partial charge in [-0.05, 0) is 59.0 Å². The lowest BCUT2D eigenvalue weighted by Gasteiger charge is -2.10. The van der Waals surface area contributed by atoms with Crippen LogP contribution in [0.5, 0.6) is 0 Å². The maximum Gasteiger partial charge on any atom is 0.169 e. The van der Waals surface area contributed by atoms with Gasteiger partial charge in [-0.25, -0.2) is 22.0 Å². The van der Waals surface area contributed by atoms with Crippen molar-refractivity contribution in [2.45, 2.75) is 32.6 Å². The molecule has 0 amide bonds. The molecule has 0 spiro atoms. The number of benzene rings is 4. The molecule has 0 heterocycles. The van der Waals surface area contributed by atoms with Crippen LogP contribution in [0, 0.1) is 29.1 Å². The van der Waals surface area contributed by atoms with Gasteiger partial charge in [-0.1, -0.05) is 61.9 Å². The second-order valence-electron chi connectivity index (χ2n) is 7.88. The van der Waals surface area contributed by atoms with E-state index in [2.05, 4.69) is 0 Å². The van der Waals surface area contributed by atoms with Crippen LogP contribution < -0.4 is 0 Å². The molecule has 0 aliphatic rings. The van der Waals surface area contributed by atoms with Gasteiger partial charge in [-0.15, -0.1) is 0 Å². The molecule has 0 unspecified atom stereocenters. The van der Waals surface area contributed by atoms with Crippen LogP contribution in [0.2, 0.25) is 0 Å². The van der Waals surface area contributed by atoms with Crippen LogP contribution in [0.4, 0.5) is 22.0 Å². The summed E-state index contributed by atoms with van der Waals surface area (Å²) >= 11 is 0. The van der Waals surface area contributed by atoms with Crippen molar-refractivity contribution >= 4 is 10.8 Å². The summed E-state index contributed by atoms with van der Waals surface area (Å²) in [5, 5.41) is -0.0458. The Labute approximate surface area is 183 Å². The highest BCUT2D eigenvalue weighted by atomic mass is 19.2. The second-order valence-corrected chi connectivity index (χ2v) is 7.88. The molecule has 0 atom stereocenters. The molecule has 4 aromatic rings. The summed E-state index contributed by atoms with van der Waals surface area (Å²) in [7, 11) is 0. The maximum absolute atomic E-state index is 14.5. The van der Waals surface area contributed by atoms with E-state index in [0.29, 0.717) is 41.3 Å². The summed E-state index contributed by atoms with van der Waals surface area (Å²) in [5.41, 5.74) is 2.74. The molecule has 0 fully saturated rings. The summed E-state index contributed by atoms with van der Waals surface area (Å²) in [4.78, 5) is 0. The van der Waals surface area contributed by atoms with E-state index in [0.717, 1.165) is 18.1 Å². The van der Waals surface area contributed by atoms with Gasteiger partial charge >= 0.3 is 0 Å². The molecule has 0 saturated heterocycles. The molecule has 164 valence electrons. The predicted octanol–water partition coefficient (Wildman–Crippen LogP) is 7.94. The minimum atomic E-state index is -1.19. The van der Waals surface area contributed by atoms with Crippen LogP contribution >= 0.6 is 0 Å². The first-order valence-electron chi connectivity index (χ1n) is 10.5. The first-order chi connectivity index (χ1) is 15.4. The zero-order valence-corrected chi connectivity index (χ0v) is 17.5. The molecule has 4 aromatic carbocycles. The summed E-state index contributed by atoms with van der Waals surface area (Å²) in [5.74, 6) is -4.72. The first-order valence-corrected chi connectivity index (χ1v) is 10.5. The van der Waals surface area contributed by atoms with Crippen LogP contribution in [0.1, 0.15) is 30.0 Å². The normalized spacial score (nSPS) is 11.3. The molecule has 0 nitrogen and oxygen atoms in total. The number of hydrogen-bond acceptors (Lipinski definition) is 0. The van der Waals surface area contributed by atoms with Gasteiger partial charge in [0, 0.05) is 5.56 Å². The zero-order chi connectivity index (χ0) is 22.8. The van der Waals surface area contributed by atoms with Gasteiger partial charge < -0.3 is 0 Å². The molecule has 4 rings (SSSR count). The SMILES string of the molecule is CCCc1ccc(-c2ccc(CCc3cc(F)c4c(F)c(F)ccc4c3)cc2)c(F)c1F. The van der Waals surface area contributed by atoms with Crippen LogP contribution in [0.3, 0.4) is 0 Å². The fourth-order valence-electron chi connectivity index (χ4n) is 3.96. The van der Waals surface area contributed by atoms with Gasteiger partial charge in [0.1, 0.15) is 5.82 Å². The average Bonchev–Trinajstić information content (AvgIpc) is 2.78. The van der Waals surface area contributed by atoms with Gasteiger partial charge in [-0.3, -0.25) is 0 Å². The monoisotopic (exact) mass is 440 g/mol. The van der Waals surface area contributed by atoms with Gasteiger partial charge in [0.2, 0.25) is 0 Å². The molecule has 0 bridgehead atoms. The fourth-order valence-corrected chi connectivity index (χ4v) is 3.96. The standard InChI is InChI=1S/C27H21F5/c1-2-3-19-10-12-21(26(31)25(19)30)18-8-6-16(7-9-18)4-5-17-14-20-11-13-22(28)27(32)24(20)23(29)15-17/h6-15H,2-5H2,1H3. The highest BCUT2D eigenvalue weighted by molar-refractivity contribution is 5.84. The Balaban J connectivity index is 1.52. The van der Waals surface area contributed by atoms with Gasteiger partial charge in [0.25, 0.3) is 0 Å². The van der Waals surface area contributed by atoms with Crippen LogP contribution in [-0.4, -0.2) is 0 Å². The van der Waals surface area contributed by atoms with Gasteiger partial charge in [-0.2, -0.15) is 0 Å². The molecule has 0 aliphatic carbocycles. The van der Waals surface area contributed by atoms with Crippen LogP contribution in [-0.2, 0) is 19.3 Å². The topological polar surface area (TPSA) is 0 Å². The summed E-state index contributed by atoms with van der Waals surface area (Å²) in [6.07, 6.45) is 2.28. The molecule has 0 N–H and O–H groups in total. The Hall–Kier alpha value is -3.21. The number of halogens is 5. The minimum Gasteiger partial charge on any atom is -0.206 e. The Morgan fingerprint density at radius 2 is 1.31 bits per heavy atom. The van der Waals surface area contributed by atoms with Gasteiger partial charge in [0.15, 0.2) is 23.3 Å². The maximum atomic E-state index is 14.5. The Kier molecular flexibility index (Phi) is 6.26. The van der Waals surface area contributed by atoms with E-state index in [-0.39, 0.29) is 10.9 Å². The van der Waals surface area contributed by atoms with E-state index >= 15 is 0 Å². The van der Waals surface area contributed by atoms with Crippen LogP contribution in [0.15, 0.2) is 60.7 Å². The summed E-state index contributed by atoms with van der Waals surface area (Å²) < 4.78 is 70.3. The van der Waals surface area contributed by atoms with Crippen molar-refractivity contribution in [1.29, 1.82) is 0 Å². The quantitative estimate of drug-likeness (QED) is 0.267. The largest absolute Gasteiger partial charge is 0.206 e. The lowest BCUT2D eigenvalue weighted by atomic mass is 9.97. The molecule has 0 aromatic heterocycles. The zero-order valence-electron chi connectivity index (χ0n) is 17.5. The minimum absolute atomic E-state index is 0.208. The average molecular weight is 440 g/mol. The van der Waals surface area contributed by atoms with Crippen molar-refractivity contribution in [3.8, 4) is 11.1 Å². The van der Waals surface area contributed by atoms with Crippen molar-refractivity contribution in [2.75, 3.05) is 0 Å². The Morgan fingerprint density at radius 1 is 0.594 bits per heavy atom. The van der Waals surface area contributed by atoms with E-state index < -0.39 is 29.1 Å².